The van der Waals surface area contributed by atoms with Gasteiger partial charge in [0.1, 0.15) is 0 Å². The van der Waals surface area contributed by atoms with Crippen molar-refractivity contribution in [1.82, 2.24) is 10.2 Å². The molecule has 0 spiro atoms. The molecule has 2 rings (SSSR count). The number of likely N-dealkylation sites (tertiary alicyclic amines) is 1. The van der Waals surface area contributed by atoms with Crippen LogP contribution in [-0.4, -0.2) is 41.1 Å². The van der Waals surface area contributed by atoms with Gasteiger partial charge in [-0.05, 0) is 57.4 Å². The van der Waals surface area contributed by atoms with Gasteiger partial charge in [-0.25, -0.2) is 0 Å². The summed E-state index contributed by atoms with van der Waals surface area (Å²) in [6, 6.07) is 7.80. The summed E-state index contributed by atoms with van der Waals surface area (Å²) in [6.45, 7) is 5.10. The van der Waals surface area contributed by atoms with Crippen molar-refractivity contribution in [3.8, 4) is 0 Å². The summed E-state index contributed by atoms with van der Waals surface area (Å²) >= 11 is 5.88. The van der Waals surface area contributed by atoms with Crippen molar-refractivity contribution < 1.29 is 9.90 Å². The average Bonchev–Trinajstić information content (AvgIpc) is 2.85. The minimum absolute atomic E-state index is 0.0277. The maximum Gasteiger partial charge on any atom is 0.234 e. The van der Waals surface area contributed by atoms with Crippen molar-refractivity contribution in [1.29, 1.82) is 0 Å². The molecule has 1 aliphatic rings. The molecule has 1 fully saturated rings. The van der Waals surface area contributed by atoms with Crippen LogP contribution in [0.2, 0.25) is 5.02 Å². The molecule has 0 radical (unpaired) electrons. The molecule has 1 saturated heterocycles. The molecule has 3 unspecified atom stereocenters. The zero-order valence-electron chi connectivity index (χ0n) is 13.3. The Morgan fingerprint density at radius 2 is 2.09 bits per heavy atom. The molecule has 1 heterocycles. The van der Waals surface area contributed by atoms with Gasteiger partial charge in [0.15, 0.2) is 0 Å². The lowest BCUT2D eigenvalue weighted by Crippen LogP contribution is -2.41. The van der Waals surface area contributed by atoms with E-state index in [9.17, 15) is 9.90 Å². The first-order valence-electron chi connectivity index (χ1n) is 7.92. The van der Waals surface area contributed by atoms with Gasteiger partial charge in [-0.2, -0.15) is 0 Å². The Hall–Kier alpha value is -1.10. The number of hydrogen-bond donors (Lipinski definition) is 2. The third-order valence-corrected chi connectivity index (χ3v) is 4.46. The van der Waals surface area contributed by atoms with Crippen LogP contribution in [0.1, 0.15) is 44.7 Å². The van der Waals surface area contributed by atoms with E-state index in [4.69, 9.17) is 11.6 Å². The predicted molar refractivity (Wildman–Crippen MR) is 88.9 cm³/mol. The number of hydrogen-bond acceptors (Lipinski definition) is 3. The zero-order valence-corrected chi connectivity index (χ0v) is 14.0. The van der Waals surface area contributed by atoms with Crippen LogP contribution in [0.3, 0.4) is 0 Å². The van der Waals surface area contributed by atoms with Crippen LogP contribution in [0.15, 0.2) is 24.3 Å². The number of nitrogens with zero attached hydrogens (tertiary/aromatic N) is 1. The van der Waals surface area contributed by atoms with Gasteiger partial charge in [0.25, 0.3) is 0 Å². The molecule has 0 bridgehead atoms. The Labute approximate surface area is 137 Å². The highest BCUT2D eigenvalue weighted by Crippen LogP contribution is 2.21. The van der Waals surface area contributed by atoms with Gasteiger partial charge in [-0.15, -0.1) is 0 Å². The molecule has 2 N–H and O–H groups in total. The van der Waals surface area contributed by atoms with E-state index < -0.39 is 0 Å². The summed E-state index contributed by atoms with van der Waals surface area (Å²) in [5.74, 6) is 0.0277. The van der Waals surface area contributed by atoms with Crippen LogP contribution in [0, 0.1) is 0 Å². The van der Waals surface area contributed by atoms with E-state index in [1.807, 2.05) is 31.2 Å². The standard InChI is InChI=1S/C17H25ClN2O2/c1-12(21)10-16-4-3-9-20(16)11-17(22)19-13(2)14-5-7-15(18)8-6-14/h5-8,12-13,16,21H,3-4,9-11H2,1-2H3,(H,19,22). The van der Waals surface area contributed by atoms with Crippen LogP contribution < -0.4 is 5.32 Å². The van der Waals surface area contributed by atoms with Gasteiger partial charge in [-0.3, -0.25) is 9.69 Å². The number of carbonyl (C=O) groups is 1. The third-order valence-electron chi connectivity index (χ3n) is 4.21. The van der Waals surface area contributed by atoms with E-state index >= 15 is 0 Å². The first-order chi connectivity index (χ1) is 10.5. The lowest BCUT2D eigenvalue weighted by Gasteiger charge is -2.25. The summed E-state index contributed by atoms with van der Waals surface area (Å²) in [5.41, 5.74) is 1.04. The predicted octanol–water partition coefficient (Wildman–Crippen LogP) is 2.75. The SMILES string of the molecule is CC(O)CC1CCCN1CC(=O)NC(C)c1ccc(Cl)cc1. The van der Waals surface area contributed by atoms with Gasteiger partial charge < -0.3 is 10.4 Å². The Morgan fingerprint density at radius 3 is 2.73 bits per heavy atom. The van der Waals surface area contributed by atoms with Crippen molar-refractivity contribution in [3.05, 3.63) is 34.9 Å². The van der Waals surface area contributed by atoms with Crippen molar-refractivity contribution in [2.45, 2.75) is 51.3 Å². The van der Waals surface area contributed by atoms with Gasteiger partial charge in [0.05, 0.1) is 18.7 Å². The number of benzene rings is 1. The highest BCUT2D eigenvalue weighted by atomic mass is 35.5. The molecule has 22 heavy (non-hydrogen) atoms. The number of carbonyl (C=O) groups excluding carboxylic acids is 1. The van der Waals surface area contributed by atoms with Crippen molar-refractivity contribution >= 4 is 17.5 Å². The molecule has 5 heteroatoms. The Bertz CT molecular complexity index is 490. The van der Waals surface area contributed by atoms with Crippen LogP contribution in [0.4, 0.5) is 0 Å². The van der Waals surface area contributed by atoms with E-state index in [2.05, 4.69) is 10.2 Å². The molecule has 1 aromatic rings. The fraction of sp³-hybridized carbons (Fsp3) is 0.588. The Kier molecular flexibility index (Phi) is 6.24. The Morgan fingerprint density at radius 1 is 1.41 bits per heavy atom. The number of amides is 1. The molecule has 0 aliphatic carbocycles. The topological polar surface area (TPSA) is 52.6 Å². The smallest absolute Gasteiger partial charge is 0.234 e. The van der Waals surface area contributed by atoms with Gasteiger partial charge >= 0.3 is 0 Å². The zero-order chi connectivity index (χ0) is 16.1. The average molecular weight is 325 g/mol. The molecule has 4 nitrogen and oxygen atoms in total. The fourth-order valence-corrected chi connectivity index (χ4v) is 3.20. The first kappa shape index (κ1) is 17.3. The lowest BCUT2D eigenvalue weighted by molar-refractivity contribution is -0.123. The van der Waals surface area contributed by atoms with E-state index in [1.165, 1.54) is 0 Å². The van der Waals surface area contributed by atoms with E-state index in [-0.39, 0.29) is 18.1 Å². The molecule has 3 atom stereocenters. The van der Waals surface area contributed by atoms with E-state index in [0.717, 1.165) is 31.4 Å². The first-order valence-corrected chi connectivity index (χ1v) is 8.30. The molecule has 1 aromatic carbocycles. The number of halogens is 1. The summed E-state index contributed by atoms with van der Waals surface area (Å²) in [4.78, 5) is 14.4. The van der Waals surface area contributed by atoms with Crippen LogP contribution in [-0.2, 0) is 4.79 Å². The van der Waals surface area contributed by atoms with Crippen LogP contribution in [0.5, 0.6) is 0 Å². The second kappa shape index (κ2) is 7.95. The van der Waals surface area contributed by atoms with Crippen molar-refractivity contribution in [3.63, 3.8) is 0 Å². The van der Waals surface area contributed by atoms with Crippen molar-refractivity contribution in [2.75, 3.05) is 13.1 Å². The second-order valence-electron chi connectivity index (χ2n) is 6.19. The molecule has 0 aromatic heterocycles. The largest absolute Gasteiger partial charge is 0.393 e. The lowest BCUT2D eigenvalue weighted by atomic mass is 10.1. The highest BCUT2D eigenvalue weighted by Gasteiger charge is 2.27. The van der Waals surface area contributed by atoms with E-state index in [0.29, 0.717) is 17.6 Å². The summed E-state index contributed by atoms with van der Waals surface area (Å²) < 4.78 is 0. The normalized spacial score (nSPS) is 21.5. The number of nitrogens with one attached hydrogen (secondary N) is 1. The van der Waals surface area contributed by atoms with Crippen LogP contribution >= 0.6 is 11.6 Å². The Balaban J connectivity index is 1.85. The molecule has 122 valence electrons. The van der Waals surface area contributed by atoms with Crippen molar-refractivity contribution in [2.24, 2.45) is 0 Å². The molecule has 1 amide bonds. The molecular weight excluding hydrogens is 300 g/mol. The minimum Gasteiger partial charge on any atom is -0.393 e. The summed E-state index contributed by atoms with van der Waals surface area (Å²) in [7, 11) is 0. The number of aliphatic hydroxyl groups excluding tert-OH is 1. The summed E-state index contributed by atoms with van der Waals surface area (Å²) in [5, 5.41) is 13.3. The quantitative estimate of drug-likeness (QED) is 0.846. The molecule has 0 saturated carbocycles. The monoisotopic (exact) mass is 324 g/mol. The molecular formula is C17H25ClN2O2. The minimum atomic E-state index is -0.318. The highest BCUT2D eigenvalue weighted by molar-refractivity contribution is 6.30. The number of rotatable bonds is 6. The van der Waals surface area contributed by atoms with Gasteiger partial charge in [0.2, 0.25) is 5.91 Å². The van der Waals surface area contributed by atoms with Gasteiger partial charge in [0, 0.05) is 11.1 Å². The fourth-order valence-electron chi connectivity index (χ4n) is 3.07. The summed E-state index contributed by atoms with van der Waals surface area (Å²) in [6.07, 6.45) is 2.57. The second-order valence-corrected chi connectivity index (χ2v) is 6.63. The van der Waals surface area contributed by atoms with Gasteiger partial charge in [-0.1, -0.05) is 23.7 Å². The van der Waals surface area contributed by atoms with E-state index in [1.54, 1.807) is 6.92 Å². The third kappa shape index (κ3) is 4.97. The van der Waals surface area contributed by atoms with Crippen LogP contribution in [0.25, 0.3) is 0 Å². The maximum atomic E-state index is 12.2. The number of aliphatic hydroxyl groups is 1. The molecule has 1 aliphatic heterocycles. The maximum absolute atomic E-state index is 12.2.